The largest absolute Gasteiger partial charge is 0.444 e. The zero-order chi connectivity index (χ0) is 17.9. The SMILES string of the molecule is CC(C)(C)OC(=O)Nc1ccc(Nc2ccc(F)c(F)c2F)cn1. The number of amides is 1. The fourth-order valence-electron chi connectivity index (χ4n) is 1.73. The monoisotopic (exact) mass is 339 g/mol. The van der Waals surface area contributed by atoms with E-state index in [9.17, 15) is 18.0 Å². The molecular weight excluding hydrogens is 323 g/mol. The lowest BCUT2D eigenvalue weighted by molar-refractivity contribution is 0.0635. The molecule has 0 aliphatic rings. The molecule has 0 aliphatic heterocycles. The minimum atomic E-state index is -1.56. The molecule has 0 saturated heterocycles. The van der Waals surface area contributed by atoms with E-state index in [0.717, 1.165) is 12.1 Å². The molecule has 128 valence electrons. The number of carbonyl (C=O) groups excluding carboxylic acids is 1. The van der Waals surface area contributed by atoms with Crippen LogP contribution >= 0.6 is 0 Å². The first-order valence-electron chi connectivity index (χ1n) is 7.02. The summed E-state index contributed by atoms with van der Waals surface area (Å²) in [5, 5.41) is 5.00. The van der Waals surface area contributed by atoms with Crippen LogP contribution in [0.2, 0.25) is 0 Å². The van der Waals surface area contributed by atoms with Crippen LogP contribution < -0.4 is 10.6 Å². The van der Waals surface area contributed by atoms with E-state index < -0.39 is 29.1 Å². The molecule has 24 heavy (non-hydrogen) atoms. The topological polar surface area (TPSA) is 63.2 Å². The number of nitrogens with zero attached hydrogens (tertiary/aromatic N) is 1. The Kier molecular flexibility index (Phi) is 4.96. The van der Waals surface area contributed by atoms with E-state index in [1.54, 1.807) is 20.8 Å². The van der Waals surface area contributed by atoms with Gasteiger partial charge < -0.3 is 10.1 Å². The summed E-state index contributed by atoms with van der Waals surface area (Å²) in [7, 11) is 0. The highest BCUT2D eigenvalue weighted by Gasteiger charge is 2.17. The van der Waals surface area contributed by atoms with Crippen molar-refractivity contribution < 1.29 is 22.7 Å². The van der Waals surface area contributed by atoms with Gasteiger partial charge in [0.1, 0.15) is 11.4 Å². The maximum Gasteiger partial charge on any atom is 0.413 e. The van der Waals surface area contributed by atoms with Crippen LogP contribution in [0.5, 0.6) is 0 Å². The molecule has 1 aromatic carbocycles. The third-order valence-electron chi connectivity index (χ3n) is 2.71. The fourth-order valence-corrected chi connectivity index (χ4v) is 1.73. The van der Waals surface area contributed by atoms with Gasteiger partial charge in [-0.3, -0.25) is 5.32 Å². The molecular formula is C16H16F3N3O2. The number of pyridine rings is 1. The molecule has 0 unspecified atom stereocenters. The average molecular weight is 339 g/mol. The highest BCUT2D eigenvalue weighted by Crippen LogP contribution is 2.23. The van der Waals surface area contributed by atoms with Crippen molar-refractivity contribution in [2.75, 3.05) is 10.6 Å². The fraction of sp³-hybridized carbons (Fsp3) is 0.250. The van der Waals surface area contributed by atoms with Crippen molar-refractivity contribution in [1.29, 1.82) is 0 Å². The Balaban J connectivity index is 2.05. The van der Waals surface area contributed by atoms with Crippen LogP contribution in [-0.2, 0) is 4.74 Å². The highest BCUT2D eigenvalue weighted by atomic mass is 19.2. The molecule has 1 heterocycles. The lowest BCUT2D eigenvalue weighted by atomic mass is 10.2. The lowest BCUT2D eigenvalue weighted by Gasteiger charge is -2.19. The van der Waals surface area contributed by atoms with E-state index in [1.807, 2.05) is 0 Å². The van der Waals surface area contributed by atoms with Crippen LogP contribution in [0.1, 0.15) is 20.8 Å². The van der Waals surface area contributed by atoms with Crippen molar-refractivity contribution in [3.8, 4) is 0 Å². The van der Waals surface area contributed by atoms with Gasteiger partial charge in [0.2, 0.25) is 0 Å². The second kappa shape index (κ2) is 6.77. The molecule has 5 nitrogen and oxygen atoms in total. The molecule has 2 N–H and O–H groups in total. The predicted molar refractivity (Wildman–Crippen MR) is 83.7 cm³/mol. The predicted octanol–water partition coefficient (Wildman–Crippen LogP) is 4.59. The second-order valence-corrected chi connectivity index (χ2v) is 5.91. The Morgan fingerprint density at radius 2 is 1.79 bits per heavy atom. The second-order valence-electron chi connectivity index (χ2n) is 5.91. The number of halogens is 3. The maximum absolute atomic E-state index is 13.6. The summed E-state index contributed by atoms with van der Waals surface area (Å²) in [6, 6.07) is 4.82. The van der Waals surface area contributed by atoms with Crippen LogP contribution in [0.4, 0.5) is 35.2 Å². The summed E-state index contributed by atoms with van der Waals surface area (Å²) in [5.41, 5.74) is -0.548. The Morgan fingerprint density at radius 3 is 2.38 bits per heavy atom. The zero-order valence-electron chi connectivity index (χ0n) is 13.3. The van der Waals surface area contributed by atoms with E-state index in [4.69, 9.17) is 4.74 Å². The standard InChI is InChI=1S/C16H16F3N3O2/c1-16(2,3)24-15(23)22-12-7-4-9(8-20-12)21-11-6-5-10(17)13(18)14(11)19/h4-8,21H,1-3H3,(H,20,22,23). The Labute approximate surface area is 136 Å². The molecule has 8 heteroatoms. The molecule has 0 saturated carbocycles. The quantitative estimate of drug-likeness (QED) is 0.803. The van der Waals surface area contributed by atoms with E-state index in [0.29, 0.717) is 5.69 Å². The van der Waals surface area contributed by atoms with Gasteiger partial charge in [-0.25, -0.2) is 22.9 Å². The number of hydrogen-bond acceptors (Lipinski definition) is 4. The molecule has 0 aliphatic carbocycles. The summed E-state index contributed by atoms with van der Waals surface area (Å²) in [6.07, 6.45) is 0.635. The van der Waals surface area contributed by atoms with Gasteiger partial charge in [-0.2, -0.15) is 0 Å². The summed E-state index contributed by atoms with van der Waals surface area (Å²) in [4.78, 5) is 15.6. The number of aromatic nitrogens is 1. The highest BCUT2D eigenvalue weighted by molar-refractivity contribution is 5.83. The van der Waals surface area contributed by atoms with E-state index >= 15 is 0 Å². The molecule has 2 rings (SSSR count). The van der Waals surface area contributed by atoms with Gasteiger partial charge in [-0.05, 0) is 45.0 Å². The van der Waals surface area contributed by atoms with Gasteiger partial charge in [0.25, 0.3) is 0 Å². The average Bonchev–Trinajstić information content (AvgIpc) is 2.48. The van der Waals surface area contributed by atoms with Gasteiger partial charge in [-0.1, -0.05) is 0 Å². The first-order valence-corrected chi connectivity index (χ1v) is 7.02. The minimum absolute atomic E-state index is 0.223. The molecule has 1 amide bonds. The molecule has 2 aromatic rings. The van der Waals surface area contributed by atoms with Crippen molar-refractivity contribution in [2.45, 2.75) is 26.4 Å². The number of benzene rings is 1. The Bertz CT molecular complexity index is 743. The van der Waals surface area contributed by atoms with Gasteiger partial charge in [0.15, 0.2) is 17.5 Å². The molecule has 0 spiro atoms. The lowest BCUT2D eigenvalue weighted by Crippen LogP contribution is -2.27. The third-order valence-corrected chi connectivity index (χ3v) is 2.71. The molecule has 0 atom stereocenters. The van der Waals surface area contributed by atoms with Crippen molar-refractivity contribution in [1.82, 2.24) is 4.98 Å². The van der Waals surface area contributed by atoms with E-state index in [2.05, 4.69) is 15.6 Å². The van der Waals surface area contributed by atoms with Gasteiger partial charge in [-0.15, -0.1) is 0 Å². The van der Waals surface area contributed by atoms with E-state index in [-0.39, 0.29) is 11.5 Å². The summed E-state index contributed by atoms with van der Waals surface area (Å²) in [6.45, 7) is 5.18. The van der Waals surface area contributed by atoms with Crippen LogP contribution in [0.15, 0.2) is 30.5 Å². The summed E-state index contributed by atoms with van der Waals surface area (Å²) < 4.78 is 44.7. The van der Waals surface area contributed by atoms with Gasteiger partial charge in [0.05, 0.1) is 17.6 Å². The number of rotatable bonds is 3. The molecule has 0 radical (unpaired) electrons. The van der Waals surface area contributed by atoms with Crippen LogP contribution in [0.3, 0.4) is 0 Å². The van der Waals surface area contributed by atoms with Crippen molar-refractivity contribution in [3.05, 3.63) is 47.9 Å². The first kappa shape index (κ1) is 17.6. The normalized spacial score (nSPS) is 11.1. The van der Waals surface area contributed by atoms with Gasteiger partial charge >= 0.3 is 6.09 Å². The van der Waals surface area contributed by atoms with Gasteiger partial charge in [0, 0.05) is 0 Å². The third kappa shape index (κ3) is 4.61. The Hall–Kier alpha value is -2.77. The van der Waals surface area contributed by atoms with Crippen molar-refractivity contribution in [2.24, 2.45) is 0 Å². The number of carbonyl (C=O) groups is 1. The number of nitrogens with one attached hydrogen (secondary N) is 2. The number of hydrogen-bond donors (Lipinski definition) is 2. The number of ether oxygens (including phenoxy) is 1. The first-order chi connectivity index (χ1) is 11.2. The smallest absolute Gasteiger partial charge is 0.413 e. The van der Waals surface area contributed by atoms with Crippen LogP contribution in [0.25, 0.3) is 0 Å². The maximum atomic E-state index is 13.6. The van der Waals surface area contributed by atoms with Crippen LogP contribution in [-0.4, -0.2) is 16.7 Å². The molecule has 0 fully saturated rings. The van der Waals surface area contributed by atoms with Crippen LogP contribution in [0, 0.1) is 17.5 Å². The van der Waals surface area contributed by atoms with Crippen molar-refractivity contribution >= 4 is 23.3 Å². The Morgan fingerprint density at radius 1 is 1.08 bits per heavy atom. The molecule has 1 aromatic heterocycles. The van der Waals surface area contributed by atoms with Crippen molar-refractivity contribution in [3.63, 3.8) is 0 Å². The summed E-state index contributed by atoms with van der Waals surface area (Å²) >= 11 is 0. The number of anilines is 3. The molecule has 0 bridgehead atoms. The minimum Gasteiger partial charge on any atom is -0.444 e. The zero-order valence-corrected chi connectivity index (χ0v) is 13.3. The van der Waals surface area contributed by atoms with E-state index in [1.165, 1.54) is 18.3 Å². The summed E-state index contributed by atoms with van der Waals surface area (Å²) in [5.74, 6) is -3.93.